The van der Waals surface area contributed by atoms with Crippen molar-refractivity contribution in [1.29, 1.82) is 0 Å². The number of benzene rings is 1. The molecule has 2 heterocycles. The molecule has 2 saturated carbocycles. The molecule has 1 aromatic carbocycles. The maximum atomic E-state index is 13.7. The van der Waals surface area contributed by atoms with Crippen LogP contribution in [-0.2, 0) is 4.79 Å². The van der Waals surface area contributed by atoms with Crippen LogP contribution in [0.5, 0.6) is 5.75 Å². The highest BCUT2D eigenvalue weighted by molar-refractivity contribution is 6.30. The summed E-state index contributed by atoms with van der Waals surface area (Å²) in [6.07, 6.45) is 5.92. The molecule has 31 heavy (non-hydrogen) atoms. The summed E-state index contributed by atoms with van der Waals surface area (Å²) in [6, 6.07) is 9.77. The van der Waals surface area contributed by atoms with Gasteiger partial charge in [0, 0.05) is 23.7 Å². The molecule has 5 rings (SSSR count). The lowest BCUT2D eigenvalue weighted by Gasteiger charge is -2.21. The molecule has 5 nitrogen and oxygen atoms in total. The Morgan fingerprint density at radius 3 is 2.74 bits per heavy atom. The summed E-state index contributed by atoms with van der Waals surface area (Å²) in [5, 5.41) is 4.16. The molecular formula is C24H23ClFN3O2. The van der Waals surface area contributed by atoms with Gasteiger partial charge in [-0.15, -0.1) is 0 Å². The number of ether oxygens (including phenoxy) is 1. The third kappa shape index (κ3) is 3.97. The molecular weight excluding hydrogens is 417 g/mol. The largest absolute Gasteiger partial charge is 0.490 e. The van der Waals surface area contributed by atoms with Gasteiger partial charge in [0.15, 0.2) is 0 Å². The minimum Gasteiger partial charge on any atom is -0.490 e. The van der Waals surface area contributed by atoms with E-state index in [2.05, 4.69) is 22.2 Å². The Hall–Kier alpha value is -2.73. The Labute approximate surface area is 185 Å². The van der Waals surface area contributed by atoms with Gasteiger partial charge in [0.25, 0.3) is 0 Å². The van der Waals surface area contributed by atoms with Gasteiger partial charge in [-0.05, 0) is 73.4 Å². The Morgan fingerprint density at radius 1 is 1.23 bits per heavy atom. The second-order valence-electron chi connectivity index (χ2n) is 8.45. The van der Waals surface area contributed by atoms with Gasteiger partial charge in [-0.2, -0.15) is 0 Å². The Bertz CT molecular complexity index is 1110. The predicted molar refractivity (Wildman–Crippen MR) is 117 cm³/mol. The fourth-order valence-electron chi connectivity index (χ4n) is 5.21. The van der Waals surface area contributed by atoms with Crippen LogP contribution >= 0.6 is 11.6 Å². The summed E-state index contributed by atoms with van der Waals surface area (Å²) in [4.78, 5) is 21.3. The minimum absolute atomic E-state index is 0.0183. The average molecular weight is 440 g/mol. The van der Waals surface area contributed by atoms with E-state index in [1.54, 1.807) is 30.5 Å². The van der Waals surface area contributed by atoms with Crippen LogP contribution in [0.4, 0.5) is 10.2 Å². The van der Waals surface area contributed by atoms with Crippen molar-refractivity contribution in [3.8, 4) is 5.75 Å². The molecule has 2 aromatic heterocycles. The number of carbonyl (C=O) groups is 1. The summed E-state index contributed by atoms with van der Waals surface area (Å²) in [5.41, 5.74) is 0.721. The molecule has 1 amide bonds. The molecule has 2 fully saturated rings. The van der Waals surface area contributed by atoms with E-state index in [-0.39, 0.29) is 23.7 Å². The van der Waals surface area contributed by atoms with Crippen molar-refractivity contribution < 1.29 is 13.9 Å². The lowest BCUT2D eigenvalue weighted by atomic mass is 9.93. The monoisotopic (exact) mass is 439 g/mol. The SMILES string of the molecule is CCC(C(=O)Nc1ccc(Cl)cn1)[C@@H]1[C@@H]2C[C@@H](Oc3ccnc4ccc(F)cc34)C[C@@H]21. The van der Waals surface area contributed by atoms with Crippen LogP contribution in [-0.4, -0.2) is 22.0 Å². The van der Waals surface area contributed by atoms with E-state index in [1.165, 1.54) is 18.3 Å². The highest BCUT2D eigenvalue weighted by Gasteiger charge is 2.60. The van der Waals surface area contributed by atoms with E-state index in [9.17, 15) is 9.18 Å². The van der Waals surface area contributed by atoms with Gasteiger partial charge in [-0.3, -0.25) is 9.78 Å². The van der Waals surface area contributed by atoms with E-state index in [0.29, 0.717) is 39.7 Å². The van der Waals surface area contributed by atoms with Crippen molar-refractivity contribution >= 4 is 34.2 Å². The number of halogens is 2. The molecule has 1 unspecified atom stereocenters. The zero-order valence-corrected chi connectivity index (χ0v) is 17.8. The molecule has 0 bridgehead atoms. The zero-order valence-electron chi connectivity index (χ0n) is 17.1. The highest BCUT2D eigenvalue weighted by atomic mass is 35.5. The Balaban J connectivity index is 1.22. The summed E-state index contributed by atoms with van der Waals surface area (Å²) in [6.45, 7) is 2.05. The molecule has 3 aromatic rings. The van der Waals surface area contributed by atoms with Crippen LogP contribution in [0.25, 0.3) is 10.9 Å². The summed E-state index contributed by atoms with van der Waals surface area (Å²) < 4.78 is 19.9. The van der Waals surface area contributed by atoms with Crippen LogP contribution in [0.2, 0.25) is 5.02 Å². The third-order valence-corrected chi connectivity index (χ3v) is 6.87. The van der Waals surface area contributed by atoms with E-state index >= 15 is 0 Å². The Morgan fingerprint density at radius 2 is 2.03 bits per heavy atom. The number of fused-ring (bicyclic) bond motifs is 2. The van der Waals surface area contributed by atoms with Gasteiger partial charge in [0.05, 0.1) is 16.6 Å². The molecule has 2 aliphatic rings. The van der Waals surface area contributed by atoms with Crippen LogP contribution in [0.1, 0.15) is 26.2 Å². The number of hydrogen-bond acceptors (Lipinski definition) is 4. The van der Waals surface area contributed by atoms with Crippen molar-refractivity contribution in [3.63, 3.8) is 0 Å². The van der Waals surface area contributed by atoms with E-state index in [1.807, 2.05) is 0 Å². The maximum Gasteiger partial charge on any atom is 0.228 e. The molecule has 7 heteroatoms. The summed E-state index contributed by atoms with van der Waals surface area (Å²) in [7, 11) is 0. The zero-order chi connectivity index (χ0) is 21.5. The number of nitrogens with one attached hydrogen (secondary N) is 1. The van der Waals surface area contributed by atoms with Gasteiger partial charge in [-0.1, -0.05) is 18.5 Å². The van der Waals surface area contributed by atoms with Gasteiger partial charge in [-0.25, -0.2) is 9.37 Å². The van der Waals surface area contributed by atoms with E-state index in [4.69, 9.17) is 16.3 Å². The average Bonchev–Trinajstić information content (AvgIpc) is 3.23. The fraction of sp³-hybridized carbons (Fsp3) is 0.375. The second-order valence-corrected chi connectivity index (χ2v) is 8.89. The lowest BCUT2D eigenvalue weighted by Crippen LogP contribution is -2.27. The standard InChI is InChI=1S/C24H23ClFN3O2/c1-2-16(24(30)29-22-6-3-13(25)12-28-22)23-17-10-15(11-18(17)23)31-21-7-8-27-20-5-4-14(26)9-19(20)21/h3-9,12,15-18,23H,2,10-11H2,1H3,(H,28,29,30)/t15-,16?,17-,18+,23-. The molecule has 5 atom stereocenters. The number of rotatable bonds is 6. The topological polar surface area (TPSA) is 64.1 Å². The number of amides is 1. The van der Waals surface area contributed by atoms with Gasteiger partial charge in [0.2, 0.25) is 5.91 Å². The van der Waals surface area contributed by atoms with Gasteiger partial charge in [0.1, 0.15) is 17.4 Å². The molecule has 1 N–H and O–H groups in total. The van der Waals surface area contributed by atoms with Crippen molar-refractivity contribution in [1.82, 2.24) is 9.97 Å². The molecule has 2 aliphatic carbocycles. The van der Waals surface area contributed by atoms with E-state index in [0.717, 1.165) is 24.8 Å². The smallest absolute Gasteiger partial charge is 0.228 e. The van der Waals surface area contributed by atoms with Crippen molar-refractivity contribution in [2.45, 2.75) is 32.3 Å². The number of nitrogens with zero attached hydrogens (tertiary/aromatic N) is 2. The number of hydrogen-bond donors (Lipinski definition) is 1. The van der Waals surface area contributed by atoms with Crippen LogP contribution in [0, 0.1) is 29.5 Å². The number of carbonyl (C=O) groups excluding carboxylic acids is 1. The maximum absolute atomic E-state index is 13.7. The second kappa shape index (κ2) is 8.08. The summed E-state index contributed by atoms with van der Waals surface area (Å²) >= 11 is 5.87. The number of anilines is 1. The number of pyridine rings is 2. The normalized spacial score (nSPS) is 25.1. The van der Waals surface area contributed by atoms with Crippen LogP contribution < -0.4 is 10.1 Å². The first-order chi connectivity index (χ1) is 15.0. The van der Waals surface area contributed by atoms with Gasteiger partial charge < -0.3 is 10.1 Å². The fourth-order valence-corrected chi connectivity index (χ4v) is 5.32. The minimum atomic E-state index is -0.299. The summed E-state index contributed by atoms with van der Waals surface area (Å²) in [5.74, 6) is 2.24. The van der Waals surface area contributed by atoms with Crippen molar-refractivity contribution in [2.24, 2.45) is 23.7 Å². The molecule has 160 valence electrons. The molecule has 0 aliphatic heterocycles. The van der Waals surface area contributed by atoms with Crippen molar-refractivity contribution in [3.05, 3.63) is 59.6 Å². The Kier molecular flexibility index (Phi) is 5.26. The van der Waals surface area contributed by atoms with Crippen molar-refractivity contribution in [2.75, 3.05) is 5.32 Å². The quantitative estimate of drug-likeness (QED) is 0.551. The van der Waals surface area contributed by atoms with Crippen LogP contribution in [0.3, 0.4) is 0 Å². The predicted octanol–water partition coefficient (Wildman–Crippen LogP) is 5.49. The third-order valence-electron chi connectivity index (χ3n) is 6.65. The highest BCUT2D eigenvalue weighted by Crippen LogP contribution is 2.62. The van der Waals surface area contributed by atoms with Gasteiger partial charge >= 0.3 is 0 Å². The first-order valence-electron chi connectivity index (χ1n) is 10.7. The molecule has 0 spiro atoms. The molecule has 0 radical (unpaired) electrons. The first-order valence-corrected chi connectivity index (χ1v) is 11.0. The lowest BCUT2D eigenvalue weighted by molar-refractivity contribution is -0.121. The molecule has 0 saturated heterocycles. The number of aromatic nitrogens is 2. The van der Waals surface area contributed by atoms with E-state index < -0.39 is 0 Å². The first kappa shape index (κ1) is 20.2. The van der Waals surface area contributed by atoms with Crippen LogP contribution in [0.15, 0.2) is 48.8 Å².